The monoisotopic (exact) mass is 432 g/mol. The van der Waals surface area contributed by atoms with Gasteiger partial charge in [-0.1, -0.05) is 0 Å². The summed E-state index contributed by atoms with van der Waals surface area (Å²) in [5.41, 5.74) is 1.27. The maximum atomic E-state index is 13.4. The molecule has 0 bridgehead atoms. The Hall–Kier alpha value is 0.222. The van der Waals surface area contributed by atoms with Crippen molar-refractivity contribution in [1.29, 1.82) is 0 Å². The molecule has 0 radical (unpaired) electrons. The second kappa shape index (κ2) is 5.03. The van der Waals surface area contributed by atoms with Crippen molar-refractivity contribution in [1.82, 2.24) is 2.38 Å². The van der Waals surface area contributed by atoms with E-state index in [1.807, 2.05) is 12.3 Å². The Morgan fingerprint density at radius 2 is 2.33 bits per heavy atom. The number of fused-ring (bicyclic) bond motifs is 1. The Morgan fingerprint density at radius 3 is 3.00 bits per heavy atom. The van der Waals surface area contributed by atoms with Crippen molar-refractivity contribution in [3.63, 3.8) is 0 Å². The number of aliphatic hydroxyl groups is 1. The fourth-order valence-electron chi connectivity index (χ4n) is 1.50. The van der Waals surface area contributed by atoms with Crippen LogP contribution in [0.3, 0.4) is 0 Å². The summed E-state index contributed by atoms with van der Waals surface area (Å²) in [5, 5.41) is 9.92. The molecule has 0 aliphatic rings. The number of benzene rings is 1. The van der Waals surface area contributed by atoms with E-state index in [4.69, 9.17) is 16.9 Å². The van der Waals surface area contributed by atoms with Crippen LogP contribution < -0.4 is 0 Å². The summed E-state index contributed by atoms with van der Waals surface area (Å²) in [6, 6.07) is 5.15. The van der Waals surface area contributed by atoms with Crippen molar-refractivity contribution in [3.05, 3.63) is 35.8 Å². The first-order chi connectivity index (χ1) is 7.26. The van der Waals surface area contributed by atoms with Crippen LogP contribution >= 0.6 is 4.00 Å². The standard InChI is InChI=1S/C9H7FNO.PS.Tl/c10-8-4-9-6(1-2-11-9)3-7(8)5-12;1-2;/h1-4,12H,5H2;;/q2*-1;+3. The zero-order valence-electron chi connectivity index (χ0n) is 7.72. The van der Waals surface area contributed by atoms with Gasteiger partial charge in [0.15, 0.2) is 0 Å². The second-order valence-corrected chi connectivity index (χ2v) is 16.4. The topological polar surface area (TPSA) is 25.2 Å². The average molecular weight is 432 g/mol. The number of hydrogen-bond donors (Lipinski definition) is 1. The van der Waals surface area contributed by atoms with E-state index in [0.717, 1.165) is 14.9 Å². The van der Waals surface area contributed by atoms with E-state index in [0.29, 0.717) is 5.56 Å². The van der Waals surface area contributed by atoms with Crippen molar-refractivity contribution < 1.29 is 9.50 Å². The van der Waals surface area contributed by atoms with Crippen molar-refractivity contribution in [2.24, 2.45) is 0 Å². The molecule has 1 heterocycles. The summed E-state index contributed by atoms with van der Waals surface area (Å²) in [6.45, 7) is -0.255. The van der Waals surface area contributed by atoms with Crippen LogP contribution in [0.25, 0.3) is 10.9 Å². The first-order valence-corrected chi connectivity index (χ1v) is 14.3. The number of halogens is 1. The van der Waals surface area contributed by atoms with Crippen LogP contribution in [0.5, 0.6) is 0 Å². The van der Waals surface area contributed by atoms with Crippen LogP contribution in [0, 0.1) is 5.82 Å². The van der Waals surface area contributed by atoms with Crippen LogP contribution in [0.2, 0.25) is 0 Å². The van der Waals surface area contributed by atoms with Gasteiger partial charge >= 0.3 is 104 Å². The molecule has 74 valence electrons. The van der Waals surface area contributed by atoms with Crippen molar-refractivity contribution in [2.75, 3.05) is 0 Å². The third kappa shape index (κ3) is 2.33. The van der Waals surface area contributed by atoms with Gasteiger partial charge in [0.2, 0.25) is 0 Å². The van der Waals surface area contributed by atoms with E-state index in [1.165, 1.54) is 6.07 Å². The molecule has 2 nitrogen and oxygen atoms in total. The number of aliphatic hydroxyl groups excluding tert-OH is 1. The molecule has 0 amide bonds. The van der Waals surface area contributed by atoms with Gasteiger partial charge in [-0.25, -0.2) is 0 Å². The predicted octanol–water partition coefficient (Wildman–Crippen LogP) is 2.06. The van der Waals surface area contributed by atoms with E-state index >= 15 is 0 Å². The van der Waals surface area contributed by atoms with Crippen LogP contribution in [0.4, 0.5) is 4.39 Å². The average Bonchev–Trinajstić information content (AvgIpc) is 2.61. The molecule has 0 fully saturated rings. The van der Waals surface area contributed by atoms with Crippen molar-refractivity contribution in [2.45, 2.75) is 6.61 Å². The zero-order valence-corrected chi connectivity index (χ0v) is 13.9. The molecule has 0 aliphatic carbocycles. The van der Waals surface area contributed by atoms with E-state index in [2.05, 4.69) is 2.38 Å². The molecule has 0 unspecified atom stereocenters. The zero-order chi connectivity index (χ0) is 10.8. The minimum absolute atomic E-state index is 0.255. The van der Waals surface area contributed by atoms with Crippen LogP contribution in [0.1, 0.15) is 5.56 Å². The molecule has 1 aromatic carbocycles. The Kier molecular flexibility index (Phi) is 3.93. The third-order valence-electron chi connectivity index (χ3n) is 2.23. The summed E-state index contributed by atoms with van der Waals surface area (Å²) in [7, 11) is 0. The van der Waals surface area contributed by atoms with Gasteiger partial charge in [0.05, 0.1) is 0 Å². The van der Waals surface area contributed by atoms with Crippen LogP contribution in [0.15, 0.2) is 24.4 Å². The van der Waals surface area contributed by atoms with Gasteiger partial charge in [0.25, 0.3) is 0 Å². The molecule has 0 saturated heterocycles. The molecule has 0 spiro atoms. The van der Waals surface area contributed by atoms with Crippen LogP contribution in [-0.4, -0.2) is 30.9 Å². The second-order valence-electron chi connectivity index (χ2n) is 3.10. The van der Waals surface area contributed by atoms with E-state index in [9.17, 15) is 4.39 Å². The van der Waals surface area contributed by atoms with Gasteiger partial charge in [-0.2, -0.15) is 0 Å². The summed E-state index contributed by atoms with van der Waals surface area (Å²) in [4.78, 5) is 0. The van der Waals surface area contributed by atoms with Crippen LogP contribution in [-0.2, 0) is 18.4 Å². The summed E-state index contributed by atoms with van der Waals surface area (Å²) < 4.78 is 16.6. The van der Waals surface area contributed by atoms with Gasteiger partial charge < -0.3 is 0 Å². The Balaban J connectivity index is 2.72. The fourth-order valence-corrected chi connectivity index (χ4v) is 9.21. The Labute approximate surface area is 104 Å². The van der Waals surface area contributed by atoms with Gasteiger partial charge in [0.1, 0.15) is 0 Å². The number of aromatic nitrogens is 1. The van der Waals surface area contributed by atoms with Gasteiger partial charge in [-0.3, -0.25) is 0 Å². The number of hydrogen-bond acceptors (Lipinski definition) is 2. The molecule has 0 saturated carbocycles. The SMILES string of the molecule is OCc1cc2cc[n]([Tl]=[P+]=S)c2cc1F. The molecule has 6 heteroatoms. The molecular formula is C9H7FNOPSTl+. The summed E-state index contributed by atoms with van der Waals surface area (Å²) >= 11 is 3.80. The van der Waals surface area contributed by atoms with Crippen molar-refractivity contribution in [3.8, 4) is 0 Å². The Bertz CT molecular complexity index is 564. The quantitative estimate of drug-likeness (QED) is 0.582. The summed E-state index contributed by atoms with van der Waals surface area (Å²) in [6.07, 6.45) is 1.97. The predicted molar refractivity (Wildman–Crippen MR) is 63.3 cm³/mol. The van der Waals surface area contributed by atoms with Gasteiger partial charge in [-0.05, 0) is 0 Å². The molecule has 1 aromatic heterocycles. The molecule has 1 N–H and O–H groups in total. The third-order valence-corrected chi connectivity index (χ3v) is 10.8. The van der Waals surface area contributed by atoms with E-state index < -0.39 is 23.4 Å². The number of rotatable bonds is 2. The minimum atomic E-state index is -1.15. The maximum absolute atomic E-state index is 13.4. The molecule has 0 aliphatic heterocycles. The molecule has 2 aromatic rings. The van der Waals surface area contributed by atoms with E-state index in [-0.39, 0.29) is 12.4 Å². The van der Waals surface area contributed by atoms with Gasteiger partial charge in [0, 0.05) is 0 Å². The number of nitrogens with zero attached hydrogens (tertiary/aromatic N) is 1. The molecule has 2 rings (SSSR count). The first-order valence-electron chi connectivity index (χ1n) is 4.32. The molecule has 15 heavy (non-hydrogen) atoms. The van der Waals surface area contributed by atoms with Gasteiger partial charge in [-0.15, -0.1) is 0 Å². The Morgan fingerprint density at radius 1 is 1.53 bits per heavy atom. The van der Waals surface area contributed by atoms with E-state index in [1.54, 1.807) is 6.07 Å². The fraction of sp³-hybridized carbons (Fsp3) is 0.111. The summed E-state index contributed by atoms with van der Waals surface area (Å²) in [5.74, 6) is -0.336. The normalized spacial score (nSPS) is 10.3. The first kappa shape index (κ1) is 11.7. The molecule has 0 atom stereocenters. The van der Waals surface area contributed by atoms with Crippen molar-refractivity contribution >= 4 is 50.1 Å². The molecular weight excluding hydrogens is 425 g/mol.